The van der Waals surface area contributed by atoms with Gasteiger partial charge in [0.15, 0.2) is 5.17 Å². The molecule has 0 aromatic heterocycles. The first-order valence-corrected chi connectivity index (χ1v) is 6.93. The third-order valence-electron chi connectivity index (χ3n) is 2.94. The highest BCUT2D eigenvalue weighted by molar-refractivity contribution is 8.15. The zero-order valence-corrected chi connectivity index (χ0v) is 10.3. The normalized spacial score (nSPS) is 30.5. The number of hydrogen-bond acceptors (Lipinski definition) is 4. The highest BCUT2D eigenvalue weighted by Gasteiger charge is 2.34. The molecule has 0 radical (unpaired) electrons. The molecule has 3 rings (SSSR count). The molecule has 5 nitrogen and oxygen atoms in total. The molecule has 92 valence electrons. The van der Waals surface area contributed by atoms with Crippen molar-refractivity contribution in [2.75, 3.05) is 0 Å². The summed E-state index contributed by atoms with van der Waals surface area (Å²) in [6.45, 7) is 0. The summed E-state index contributed by atoms with van der Waals surface area (Å²) in [6, 6.07) is 0.758. The summed E-state index contributed by atoms with van der Waals surface area (Å²) in [5.74, 6) is -0.104. The van der Waals surface area contributed by atoms with Gasteiger partial charge in [-0.1, -0.05) is 11.8 Å². The molecule has 1 aliphatic heterocycles. The van der Waals surface area contributed by atoms with E-state index in [1.807, 2.05) is 0 Å². The van der Waals surface area contributed by atoms with Crippen LogP contribution in [0, 0.1) is 0 Å². The summed E-state index contributed by atoms with van der Waals surface area (Å²) in [7, 11) is 0. The van der Waals surface area contributed by atoms with Crippen LogP contribution in [0.4, 0.5) is 0 Å². The summed E-state index contributed by atoms with van der Waals surface area (Å²) in [4.78, 5) is 27.6. The SMILES string of the molecule is O=C(C[C@H]1SC(=NC2CC2)NC1=O)NC1CC1. The Morgan fingerprint density at radius 2 is 2.18 bits per heavy atom. The first-order chi connectivity index (χ1) is 8.20. The van der Waals surface area contributed by atoms with E-state index in [4.69, 9.17) is 0 Å². The van der Waals surface area contributed by atoms with Crippen molar-refractivity contribution in [2.45, 2.75) is 49.4 Å². The molecular weight excluding hydrogens is 238 g/mol. The molecule has 2 N–H and O–H groups in total. The summed E-state index contributed by atoms with van der Waals surface area (Å²) >= 11 is 1.39. The zero-order valence-electron chi connectivity index (χ0n) is 9.44. The minimum absolute atomic E-state index is 0.0205. The summed E-state index contributed by atoms with van der Waals surface area (Å²) in [5.41, 5.74) is 0. The number of amides is 2. The van der Waals surface area contributed by atoms with Crippen molar-refractivity contribution in [1.82, 2.24) is 10.6 Å². The highest BCUT2D eigenvalue weighted by Crippen LogP contribution is 2.29. The Balaban J connectivity index is 1.52. The van der Waals surface area contributed by atoms with Crippen LogP contribution in [0.5, 0.6) is 0 Å². The number of aliphatic imine (C=N–C) groups is 1. The topological polar surface area (TPSA) is 70.6 Å². The Bertz CT molecular complexity index is 388. The quantitative estimate of drug-likeness (QED) is 0.762. The molecular formula is C11H15N3O2S. The smallest absolute Gasteiger partial charge is 0.240 e. The number of amidine groups is 1. The van der Waals surface area contributed by atoms with Crippen molar-refractivity contribution >= 4 is 28.7 Å². The van der Waals surface area contributed by atoms with Gasteiger partial charge in [-0.2, -0.15) is 0 Å². The highest BCUT2D eigenvalue weighted by atomic mass is 32.2. The molecule has 17 heavy (non-hydrogen) atoms. The van der Waals surface area contributed by atoms with Crippen molar-refractivity contribution in [3.8, 4) is 0 Å². The van der Waals surface area contributed by atoms with Gasteiger partial charge >= 0.3 is 0 Å². The van der Waals surface area contributed by atoms with Gasteiger partial charge in [0, 0.05) is 12.5 Å². The van der Waals surface area contributed by atoms with Gasteiger partial charge in [-0.3, -0.25) is 14.6 Å². The number of carbonyl (C=O) groups is 2. The van der Waals surface area contributed by atoms with Crippen LogP contribution in [0.2, 0.25) is 0 Å². The van der Waals surface area contributed by atoms with Gasteiger partial charge < -0.3 is 10.6 Å². The summed E-state index contributed by atoms with van der Waals surface area (Å²) in [5, 5.41) is 6.04. The molecule has 0 aromatic carbocycles. The Kier molecular flexibility index (Phi) is 2.82. The van der Waals surface area contributed by atoms with E-state index in [-0.39, 0.29) is 23.5 Å². The molecule has 2 saturated carbocycles. The van der Waals surface area contributed by atoms with Gasteiger partial charge in [0.2, 0.25) is 11.8 Å². The summed E-state index contributed by atoms with van der Waals surface area (Å²) < 4.78 is 0. The molecule has 0 spiro atoms. The van der Waals surface area contributed by atoms with Gasteiger partial charge in [-0.05, 0) is 25.7 Å². The van der Waals surface area contributed by atoms with Crippen LogP contribution in [0.1, 0.15) is 32.1 Å². The van der Waals surface area contributed by atoms with Crippen molar-refractivity contribution in [2.24, 2.45) is 4.99 Å². The predicted molar refractivity (Wildman–Crippen MR) is 65.8 cm³/mol. The second kappa shape index (κ2) is 4.33. The number of thioether (sulfide) groups is 1. The monoisotopic (exact) mass is 253 g/mol. The maximum atomic E-state index is 11.6. The Morgan fingerprint density at radius 1 is 1.41 bits per heavy atom. The average molecular weight is 253 g/mol. The van der Waals surface area contributed by atoms with Gasteiger partial charge in [-0.15, -0.1) is 0 Å². The molecule has 6 heteroatoms. The first kappa shape index (κ1) is 11.1. The van der Waals surface area contributed by atoms with Gasteiger partial charge in [0.1, 0.15) is 5.25 Å². The van der Waals surface area contributed by atoms with E-state index in [9.17, 15) is 9.59 Å². The maximum Gasteiger partial charge on any atom is 0.240 e. The Morgan fingerprint density at radius 3 is 2.82 bits per heavy atom. The van der Waals surface area contributed by atoms with Crippen LogP contribution in [-0.2, 0) is 9.59 Å². The minimum atomic E-state index is -0.300. The van der Waals surface area contributed by atoms with E-state index >= 15 is 0 Å². The number of nitrogens with zero attached hydrogens (tertiary/aromatic N) is 1. The fourth-order valence-corrected chi connectivity index (χ4v) is 2.69. The lowest BCUT2D eigenvalue weighted by atomic mass is 10.2. The Hall–Kier alpha value is -1.04. The van der Waals surface area contributed by atoms with Crippen molar-refractivity contribution in [3.63, 3.8) is 0 Å². The fourth-order valence-electron chi connectivity index (χ4n) is 1.65. The van der Waals surface area contributed by atoms with Crippen LogP contribution in [0.15, 0.2) is 4.99 Å². The van der Waals surface area contributed by atoms with E-state index in [0.29, 0.717) is 17.3 Å². The van der Waals surface area contributed by atoms with Gasteiger partial charge in [-0.25, -0.2) is 0 Å². The van der Waals surface area contributed by atoms with Crippen molar-refractivity contribution in [3.05, 3.63) is 0 Å². The van der Waals surface area contributed by atoms with E-state index in [1.165, 1.54) is 11.8 Å². The lowest BCUT2D eigenvalue weighted by molar-refractivity contribution is -0.125. The van der Waals surface area contributed by atoms with Crippen LogP contribution in [0.3, 0.4) is 0 Å². The second-order valence-corrected chi connectivity index (χ2v) is 6.00. The molecule has 2 aliphatic carbocycles. The largest absolute Gasteiger partial charge is 0.353 e. The molecule has 2 amide bonds. The van der Waals surface area contributed by atoms with Crippen molar-refractivity contribution < 1.29 is 9.59 Å². The van der Waals surface area contributed by atoms with Crippen LogP contribution in [0.25, 0.3) is 0 Å². The van der Waals surface area contributed by atoms with Gasteiger partial charge in [0.05, 0.1) is 6.04 Å². The van der Waals surface area contributed by atoms with E-state index < -0.39 is 0 Å². The lowest BCUT2D eigenvalue weighted by Gasteiger charge is -2.05. The number of carbonyl (C=O) groups excluding carboxylic acids is 2. The third-order valence-corrected chi connectivity index (χ3v) is 4.03. The average Bonchev–Trinajstić information content (AvgIpc) is 3.13. The second-order valence-electron chi connectivity index (χ2n) is 4.81. The van der Waals surface area contributed by atoms with E-state index in [1.54, 1.807) is 0 Å². The fraction of sp³-hybridized carbons (Fsp3) is 0.727. The van der Waals surface area contributed by atoms with E-state index in [2.05, 4.69) is 15.6 Å². The van der Waals surface area contributed by atoms with Gasteiger partial charge in [0.25, 0.3) is 0 Å². The third kappa shape index (κ3) is 3.00. The first-order valence-electron chi connectivity index (χ1n) is 6.05. The summed E-state index contributed by atoms with van der Waals surface area (Å²) in [6.07, 6.45) is 4.64. The maximum absolute atomic E-state index is 11.6. The van der Waals surface area contributed by atoms with Crippen LogP contribution < -0.4 is 10.6 Å². The molecule has 1 heterocycles. The lowest BCUT2D eigenvalue weighted by Crippen LogP contribution is -2.32. The number of hydrogen-bond donors (Lipinski definition) is 2. The molecule has 0 bridgehead atoms. The molecule has 1 saturated heterocycles. The van der Waals surface area contributed by atoms with Crippen LogP contribution >= 0.6 is 11.8 Å². The predicted octanol–water partition coefficient (Wildman–Crippen LogP) is 0.405. The molecule has 0 aromatic rings. The van der Waals surface area contributed by atoms with E-state index in [0.717, 1.165) is 25.7 Å². The number of nitrogens with one attached hydrogen (secondary N) is 2. The van der Waals surface area contributed by atoms with Crippen molar-refractivity contribution in [1.29, 1.82) is 0 Å². The molecule has 0 unspecified atom stereocenters. The molecule has 3 aliphatic rings. The Labute approximate surface area is 104 Å². The molecule has 1 atom stereocenters. The zero-order chi connectivity index (χ0) is 11.8. The minimum Gasteiger partial charge on any atom is -0.353 e. The number of rotatable bonds is 4. The standard InChI is InChI=1S/C11H15N3O2S/c15-9(12-6-1-2-6)5-8-10(16)14-11(17-8)13-7-3-4-7/h6-8H,1-5H2,(H,12,15)(H,13,14,16)/t8-/m1/s1. The van der Waals surface area contributed by atoms with Crippen LogP contribution in [-0.4, -0.2) is 34.3 Å². The molecule has 3 fully saturated rings.